The van der Waals surface area contributed by atoms with Gasteiger partial charge in [0.2, 0.25) is 4.96 Å². The number of benzene rings is 2. The van der Waals surface area contributed by atoms with Crippen molar-refractivity contribution in [2.45, 2.75) is 6.42 Å². The minimum Gasteiger partial charge on any atom is -0.493 e. The highest BCUT2D eigenvalue weighted by atomic mass is 35.5. The van der Waals surface area contributed by atoms with Gasteiger partial charge in [-0.1, -0.05) is 35.1 Å². The second-order valence-electron chi connectivity index (χ2n) is 6.02. The molecule has 130 valence electrons. The number of hydrogen-bond donors (Lipinski definition) is 0. The van der Waals surface area contributed by atoms with E-state index in [-0.39, 0.29) is 0 Å². The fourth-order valence-corrected chi connectivity index (χ4v) is 4.70. The Balaban J connectivity index is 1.70. The topological polar surface area (TPSA) is 48.7 Å². The minimum atomic E-state index is 0.638. The molecule has 0 atom stereocenters. The standard InChI is InChI=1S/C19H14ClN3O2S/c1-24-14-7-10-8-16-17(12(10)9-15(14)25-2)23-19(26-16)21-18(22-23)11-5-3-4-6-13(11)20/h3-7,9H,8H2,1-2H3. The fraction of sp³-hybridized carbons (Fsp3) is 0.158. The molecule has 0 saturated carbocycles. The first kappa shape index (κ1) is 15.7. The van der Waals surface area contributed by atoms with Gasteiger partial charge in [-0.05, 0) is 29.8 Å². The minimum absolute atomic E-state index is 0.638. The molecule has 1 aliphatic carbocycles. The largest absolute Gasteiger partial charge is 0.493 e. The Bertz CT molecular complexity index is 1170. The van der Waals surface area contributed by atoms with Gasteiger partial charge >= 0.3 is 0 Å². The first-order valence-corrected chi connectivity index (χ1v) is 9.27. The predicted molar refractivity (Wildman–Crippen MR) is 103 cm³/mol. The lowest BCUT2D eigenvalue weighted by molar-refractivity contribution is 0.355. The monoisotopic (exact) mass is 383 g/mol. The van der Waals surface area contributed by atoms with E-state index >= 15 is 0 Å². The average molecular weight is 384 g/mol. The Morgan fingerprint density at radius 1 is 1.08 bits per heavy atom. The van der Waals surface area contributed by atoms with Gasteiger partial charge < -0.3 is 9.47 Å². The molecule has 0 unspecified atom stereocenters. The summed E-state index contributed by atoms with van der Waals surface area (Å²) in [6.07, 6.45) is 0.849. The Morgan fingerprint density at radius 3 is 2.62 bits per heavy atom. The maximum absolute atomic E-state index is 6.31. The van der Waals surface area contributed by atoms with Crippen molar-refractivity contribution in [3.8, 4) is 34.1 Å². The summed E-state index contributed by atoms with van der Waals surface area (Å²) in [6, 6.07) is 11.7. The van der Waals surface area contributed by atoms with Crippen molar-refractivity contribution in [1.82, 2.24) is 14.6 Å². The first-order valence-electron chi connectivity index (χ1n) is 8.08. The number of methoxy groups -OCH3 is 2. The highest BCUT2D eigenvalue weighted by Crippen LogP contribution is 2.45. The molecule has 0 saturated heterocycles. The predicted octanol–water partition coefficient (Wildman–Crippen LogP) is 4.70. The lowest BCUT2D eigenvalue weighted by atomic mass is 10.1. The summed E-state index contributed by atoms with van der Waals surface area (Å²) in [7, 11) is 3.30. The van der Waals surface area contributed by atoms with Gasteiger partial charge in [-0.25, -0.2) is 4.52 Å². The lowest BCUT2D eigenvalue weighted by Crippen LogP contribution is -1.94. The molecule has 0 spiro atoms. The number of aromatic nitrogens is 3. The summed E-state index contributed by atoms with van der Waals surface area (Å²) < 4.78 is 12.8. The third-order valence-corrected chi connectivity index (χ3v) is 5.96. The van der Waals surface area contributed by atoms with Crippen LogP contribution in [0.15, 0.2) is 36.4 Å². The van der Waals surface area contributed by atoms with Crippen LogP contribution in [-0.2, 0) is 6.42 Å². The van der Waals surface area contributed by atoms with E-state index in [9.17, 15) is 0 Å². The number of hydrogen-bond acceptors (Lipinski definition) is 5. The van der Waals surface area contributed by atoms with Crippen LogP contribution in [0.2, 0.25) is 5.02 Å². The van der Waals surface area contributed by atoms with Crippen LogP contribution in [0.5, 0.6) is 11.5 Å². The van der Waals surface area contributed by atoms with Gasteiger partial charge in [0, 0.05) is 22.4 Å². The maximum Gasteiger partial charge on any atom is 0.213 e. The van der Waals surface area contributed by atoms with E-state index < -0.39 is 0 Å². The normalized spacial score (nSPS) is 12.3. The molecule has 7 heteroatoms. The van der Waals surface area contributed by atoms with Crippen molar-refractivity contribution in [2.75, 3.05) is 14.2 Å². The Kier molecular flexibility index (Phi) is 3.45. The zero-order chi connectivity index (χ0) is 17.8. The van der Waals surface area contributed by atoms with E-state index in [0.29, 0.717) is 16.6 Å². The summed E-state index contributed by atoms with van der Waals surface area (Å²) in [4.78, 5) is 6.80. The molecule has 0 radical (unpaired) electrons. The molecule has 5 rings (SSSR count). The van der Waals surface area contributed by atoms with Gasteiger partial charge in [0.1, 0.15) is 0 Å². The Morgan fingerprint density at radius 2 is 1.85 bits per heavy atom. The van der Waals surface area contributed by atoms with Crippen molar-refractivity contribution in [1.29, 1.82) is 0 Å². The van der Waals surface area contributed by atoms with Gasteiger partial charge in [0.05, 0.1) is 24.9 Å². The zero-order valence-corrected chi connectivity index (χ0v) is 15.7. The van der Waals surface area contributed by atoms with E-state index in [4.69, 9.17) is 26.2 Å². The highest BCUT2D eigenvalue weighted by Gasteiger charge is 2.28. The molecule has 4 aromatic rings. The molecule has 2 heterocycles. The molecule has 0 aliphatic heterocycles. The second kappa shape index (κ2) is 5.72. The summed E-state index contributed by atoms with van der Waals surface area (Å²) in [6.45, 7) is 0. The van der Waals surface area contributed by atoms with Crippen LogP contribution in [0, 0.1) is 0 Å². The van der Waals surface area contributed by atoms with Crippen LogP contribution in [0.1, 0.15) is 10.4 Å². The molecular formula is C19H14ClN3O2S. The van der Waals surface area contributed by atoms with Gasteiger partial charge in [-0.15, -0.1) is 5.10 Å². The van der Waals surface area contributed by atoms with Crippen LogP contribution >= 0.6 is 22.9 Å². The Hall–Kier alpha value is -2.57. The summed E-state index contributed by atoms with van der Waals surface area (Å²) in [5.74, 6) is 2.09. The van der Waals surface area contributed by atoms with Crippen LogP contribution in [-0.4, -0.2) is 28.8 Å². The summed E-state index contributed by atoms with van der Waals surface area (Å²) in [5.41, 5.74) is 4.23. The van der Waals surface area contributed by atoms with Crippen LogP contribution in [0.3, 0.4) is 0 Å². The molecule has 0 amide bonds. The molecule has 0 bridgehead atoms. The number of ether oxygens (including phenoxy) is 2. The number of halogens is 1. The van der Waals surface area contributed by atoms with E-state index in [2.05, 4.69) is 4.98 Å². The van der Waals surface area contributed by atoms with Crippen molar-refractivity contribution >= 4 is 27.9 Å². The first-order chi connectivity index (χ1) is 12.7. The highest BCUT2D eigenvalue weighted by molar-refractivity contribution is 7.17. The molecule has 0 fully saturated rings. The lowest BCUT2D eigenvalue weighted by Gasteiger charge is -2.10. The maximum atomic E-state index is 6.31. The molecular weight excluding hydrogens is 370 g/mol. The summed E-state index contributed by atoms with van der Waals surface area (Å²) in [5, 5.41) is 5.38. The molecule has 1 aliphatic rings. The third kappa shape index (κ3) is 2.15. The molecule has 2 aromatic heterocycles. The van der Waals surface area contributed by atoms with E-state index in [0.717, 1.165) is 34.0 Å². The average Bonchev–Trinajstić information content (AvgIpc) is 3.29. The van der Waals surface area contributed by atoms with Crippen LogP contribution in [0.25, 0.3) is 27.6 Å². The van der Waals surface area contributed by atoms with Crippen molar-refractivity contribution in [2.24, 2.45) is 0 Å². The molecule has 2 aromatic carbocycles. The van der Waals surface area contributed by atoms with Gasteiger partial charge in [-0.3, -0.25) is 0 Å². The number of nitrogens with zero attached hydrogens (tertiary/aromatic N) is 3. The van der Waals surface area contributed by atoms with Crippen molar-refractivity contribution < 1.29 is 9.47 Å². The quantitative estimate of drug-likeness (QED) is 0.453. The van der Waals surface area contributed by atoms with Crippen LogP contribution in [0.4, 0.5) is 0 Å². The number of fused-ring (bicyclic) bond motifs is 5. The number of rotatable bonds is 3. The third-order valence-electron chi connectivity index (χ3n) is 4.60. The second-order valence-corrected chi connectivity index (χ2v) is 7.49. The zero-order valence-electron chi connectivity index (χ0n) is 14.1. The SMILES string of the molecule is COc1cc2c(cc1OC)-c1c(sc3nc(-c4ccccc4Cl)nn13)C2. The smallest absolute Gasteiger partial charge is 0.213 e. The number of thiazole rings is 1. The fourth-order valence-electron chi connectivity index (χ4n) is 3.39. The van der Waals surface area contributed by atoms with Crippen LogP contribution < -0.4 is 9.47 Å². The Labute approximate surface area is 158 Å². The van der Waals surface area contributed by atoms with E-state index in [1.807, 2.05) is 40.9 Å². The summed E-state index contributed by atoms with van der Waals surface area (Å²) >= 11 is 7.96. The van der Waals surface area contributed by atoms with Gasteiger partial charge in [0.15, 0.2) is 17.3 Å². The van der Waals surface area contributed by atoms with E-state index in [1.165, 1.54) is 10.4 Å². The molecule has 5 nitrogen and oxygen atoms in total. The molecule has 0 N–H and O–H groups in total. The molecule has 26 heavy (non-hydrogen) atoms. The van der Waals surface area contributed by atoms with Gasteiger partial charge in [0.25, 0.3) is 0 Å². The van der Waals surface area contributed by atoms with E-state index in [1.54, 1.807) is 25.6 Å². The van der Waals surface area contributed by atoms with Crippen molar-refractivity contribution in [3.05, 3.63) is 51.9 Å². The van der Waals surface area contributed by atoms with Gasteiger partial charge in [-0.2, -0.15) is 4.98 Å². The van der Waals surface area contributed by atoms with Crippen molar-refractivity contribution in [3.63, 3.8) is 0 Å².